The molecule has 0 amide bonds. The Bertz CT molecular complexity index is 630. The topological polar surface area (TPSA) is 46.5 Å². The van der Waals surface area contributed by atoms with Crippen molar-refractivity contribution < 1.29 is 14.6 Å². The summed E-state index contributed by atoms with van der Waals surface area (Å²) < 4.78 is 5.14. The number of aldehydes is 1. The molecule has 2 aromatic rings. The normalized spacial score (nSPS) is 9.95. The minimum atomic E-state index is 0.0461. The number of ether oxygens (including phenoxy) is 1. The molecule has 1 N–H and O–H groups in total. The summed E-state index contributed by atoms with van der Waals surface area (Å²) in [7, 11) is 1.48. The molecule has 2 rings (SSSR count). The first-order valence-electron chi connectivity index (χ1n) is 5.79. The second kappa shape index (κ2) is 5.40. The lowest BCUT2D eigenvalue weighted by Gasteiger charge is -2.11. The first-order chi connectivity index (χ1) is 9.21. The smallest absolute Gasteiger partial charge is 0.165 e. The number of phenolic OH excluding ortho intramolecular Hbond substituents is 1. The fourth-order valence-electron chi connectivity index (χ4n) is 1.96. The Labute approximate surface area is 111 Å². The summed E-state index contributed by atoms with van der Waals surface area (Å²) in [4.78, 5) is 11.1. The van der Waals surface area contributed by atoms with Crippen molar-refractivity contribution in [3.8, 4) is 22.6 Å². The Morgan fingerprint density at radius 2 is 1.95 bits per heavy atom. The Balaban J connectivity index is 2.68. The lowest BCUT2D eigenvalue weighted by molar-refractivity contribution is 0.112. The van der Waals surface area contributed by atoms with Crippen LogP contribution in [0.25, 0.3) is 17.2 Å². The Hall–Kier alpha value is -2.55. The predicted molar refractivity (Wildman–Crippen MR) is 75.6 cm³/mol. The molecule has 19 heavy (non-hydrogen) atoms. The molecule has 3 heteroatoms. The van der Waals surface area contributed by atoms with Crippen LogP contribution in [0.4, 0.5) is 0 Å². The number of methoxy groups -OCH3 is 1. The van der Waals surface area contributed by atoms with Gasteiger partial charge in [0, 0.05) is 11.1 Å². The zero-order valence-electron chi connectivity index (χ0n) is 10.6. The van der Waals surface area contributed by atoms with Crippen molar-refractivity contribution in [3.05, 3.63) is 54.1 Å². The Morgan fingerprint density at radius 3 is 2.58 bits per heavy atom. The van der Waals surface area contributed by atoms with Crippen molar-refractivity contribution in [1.29, 1.82) is 0 Å². The van der Waals surface area contributed by atoms with E-state index in [0.29, 0.717) is 16.9 Å². The lowest BCUT2D eigenvalue weighted by atomic mass is 9.98. The van der Waals surface area contributed by atoms with Gasteiger partial charge in [-0.25, -0.2) is 0 Å². The van der Waals surface area contributed by atoms with E-state index in [2.05, 4.69) is 6.58 Å². The van der Waals surface area contributed by atoms with Gasteiger partial charge in [0.2, 0.25) is 0 Å². The van der Waals surface area contributed by atoms with Crippen LogP contribution in [0.5, 0.6) is 11.5 Å². The summed E-state index contributed by atoms with van der Waals surface area (Å²) in [5, 5.41) is 9.92. The van der Waals surface area contributed by atoms with Crippen LogP contribution in [0.1, 0.15) is 15.9 Å². The van der Waals surface area contributed by atoms with Gasteiger partial charge in [-0.3, -0.25) is 4.79 Å². The van der Waals surface area contributed by atoms with Gasteiger partial charge in [-0.05, 0) is 23.3 Å². The molecule has 0 aliphatic rings. The fraction of sp³-hybridized carbons (Fsp3) is 0.0625. The zero-order valence-corrected chi connectivity index (χ0v) is 10.6. The average Bonchev–Trinajstić information content (AvgIpc) is 2.47. The number of aromatic hydroxyl groups is 1. The van der Waals surface area contributed by atoms with Crippen LogP contribution in [0, 0.1) is 0 Å². The standard InChI is InChI=1S/C16H14O3/c1-3-11-8-13(9-15(19-2)16(11)18)14-7-5-4-6-12(14)10-17/h3-10,18H,1H2,2H3. The predicted octanol–water partition coefficient (Wildman–Crippen LogP) is 3.52. The molecule has 0 aromatic heterocycles. The SMILES string of the molecule is C=Cc1cc(-c2ccccc2C=O)cc(OC)c1O. The summed E-state index contributed by atoms with van der Waals surface area (Å²) in [6, 6.07) is 10.7. The van der Waals surface area contributed by atoms with Crippen LogP contribution in [0.3, 0.4) is 0 Å². The van der Waals surface area contributed by atoms with E-state index in [-0.39, 0.29) is 5.75 Å². The van der Waals surface area contributed by atoms with Gasteiger partial charge in [0.05, 0.1) is 7.11 Å². The molecule has 0 unspecified atom stereocenters. The van der Waals surface area contributed by atoms with Crippen molar-refractivity contribution in [3.63, 3.8) is 0 Å². The molecule has 0 bridgehead atoms. The molecule has 0 atom stereocenters. The second-order valence-electron chi connectivity index (χ2n) is 4.03. The number of benzene rings is 2. The van der Waals surface area contributed by atoms with E-state index in [4.69, 9.17) is 4.74 Å². The maximum Gasteiger partial charge on any atom is 0.165 e. The van der Waals surface area contributed by atoms with Gasteiger partial charge < -0.3 is 9.84 Å². The number of rotatable bonds is 4. The van der Waals surface area contributed by atoms with Crippen molar-refractivity contribution in [1.82, 2.24) is 0 Å². The molecular formula is C16H14O3. The van der Waals surface area contributed by atoms with Gasteiger partial charge >= 0.3 is 0 Å². The van der Waals surface area contributed by atoms with Crippen molar-refractivity contribution in [2.45, 2.75) is 0 Å². The van der Waals surface area contributed by atoms with Gasteiger partial charge in [0.25, 0.3) is 0 Å². The van der Waals surface area contributed by atoms with Crippen LogP contribution in [0.15, 0.2) is 43.0 Å². The molecular weight excluding hydrogens is 240 g/mol. The molecule has 0 fully saturated rings. The lowest BCUT2D eigenvalue weighted by Crippen LogP contribution is -1.91. The highest BCUT2D eigenvalue weighted by atomic mass is 16.5. The van der Waals surface area contributed by atoms with Gasteiger partial charge in [0.1, 0.15) is 0 Å². The van der Waals surface area contributed by atoms with E-state index in [1.807, 2.05) is 12.1 Å². The number of carbonyl (C=O) groups is 1. The highest BCUT2D eigenvalue weighted by Gasteiger charge is 2.11. The summed E-state index contributed by atoms with van der Waals surface area (Å²) in [5.74, 6) is 0.401. The molecule has 96 valence electrons. The first kappa shape index (κ1) is 12.9. The van der Waals surface area contributed by atoms with Crippen molar-refractivity contribution >= 4 is 12.4 Å². The molecule has 0 heterocycles. The van der Waals surface area contributed by atoms with Crippen LogP contribution >= 0.6 is 0 Å². The monoisotopic (exact) mass is 254 g/mol. The van der Waals surface area contributed by atoms with E-state index >= 15 is 0 Å². The fourth-order valence-corrected chi connectivity index (χ4v) is 1.96. The quantitative estimate of drug-likeness (QED) is 0.849. The van der Waals surface area contributed by atoms with E-state index < -0.39 is 0 Å². The highest BCUT2D eigenvalue weighted by molar-refractivity contribution is 5.88. The van der Waals surface area contributed by atoms with Gasteiger partial charge in [-0.1, -0.05) is 36.9 Å². The minimum absolute atomic E-state index is 0.0461. The third-order valence-corrected chi connectivity index (χ3v) is 2.94. The number of phenols is 1. The van der Waals surface area contributed by atoms with Gasteiger partial charge in [-0.15, -0.1) is 0 Å². The second-order valence-corrected chi connectivity index (χ2v) is 4.03. The third kappa shape index (κ3) is 2.36. The van der Waals surface area contributed by atoms with Crippen LogP contribution in [-0.4, -0.2) is 18.5 Å². The number of carbonyl (C=O) groups excluding carboxylic acids is 1. The molecule has 0 radical (unpaired) electrons. The Morgan fingerprint density at radius 1 is 1.21 bits per heavy atom. The summed E-state index contributed by atoms with van der Waals surface area (Å²) in [6.45, 7) is 3.66. The summed E-state index contributed by atoms with van der Waals surface area (Å²) >= 11 is 0. The van der Waals surface area contributed by atoms with Crippen LogP contribution < -0.4 is 4.74 Å². The van der Waals surface area contributed by atoms with E-state index in [0.717, 1.165) is 17.4 Å². The van der Waals surface area contributed by atoms with Crippen LogP contribution in [0.2, 0.25) is 0 Å². The van der Waals surface area contributed by atoms with Crippen LogP contribution in [-0.2, 0) is 0 Å². The number of hydrogen-bond donors (Lipinski definition) is 1. The molecule has 0 saturated carbocycles. The largest absolute Gasteiger partial charge is 0.504 e. The van der Waals surface area contributed by atoms with Gasteiger partial charge in [-0.2, -0.15) is 0 Å². The maximum atomic E-state index is 11.1. The number of hydrogen-bond acceptors (Lipinski definition) is 3. The Kier molecular flexibility index (Phi) is 3.66. The maximum absolute atomic E-state index is 11.1. The summed E-state index contributed by atoms with van der Waals surface area (Å²) in [5.41, 5.74) is 2.74. The average molecular weight is 254 g/mol. The van der Waals surface area contributed by atoms with E-state index in [1.165, 1.54) is 7.11 Å². The van der Waals surface area contributed by atoms with E-state index in [1.54, 1.807) is 30.3 Å². The first-order valence-corrected chi connectivity index (χ1v) is 5.79. The molecule has 2 aromatic carbocycles. The molecule has 0 spiro atoms. The van der Waals surface area contributed by atoms with Crippen molar-refractivity contribution in [2.75, 3.05) is 7.11 Å². The molecule has 0 aliphatic carbocycles. The third-order valence-electron chi connectivity index (χ3n) is 2.94. The van der Waals surface area contributed by atoms with Gasteiger partial charge in [0.15, 0.2) is 17.8 Å². The molecule has 3 nitrogen and oxygen atoms in total. The zero-order chi connectivity index (χ0) is 13.8. The van der Waals surface area contributed by atoms with E-state index in [9.17, 15) is 9.90 Å². The summed E-state index contributed by atoms with van der Waals surface area (Å²) in [6.07, 6.45) is 2.35. The minimum Gasteiger partial charge on any atom is -0.504 e. The molecule has 0 aliphatic heterocycles. The molecule has 0 saturated heterocycles. The van der Waals surface area contributed by atoms with Crippen molar-refractivity contribution in [2.24, 2.45) is 0 Å². The highest BCUT2D eigenvalue weighted by Crippen LogP contribution is 2.36.